The van der Waals surface area contributed by atoms with Crippen molar-refractivity contribution in [3.8, 4) is 11.5 Å². The Morgan fingerprint density at radius 1 is 1.07 bits per heavy atom. The zero-order chi connectivity index (χ0) is 20.8. The standard InChI is InChI=1S/C22H21NO6/c1-3-27-22(26)18-10-6-15(12-19(18)24)23-21(25)20-11-9-17(29-20)13-28-16-7-4-14(2)5-8-16/h4-12,24H,3,13H2,1-2H3,(H,23,25). The fourth-order valence-electron chi connectivity index (χ4n) is 2.55. The summed E-state index contributed by atoms with van der Waals surface area (Å²) < 4.78 is 16.0. The normalized spacial score (nSPS) is 10.4. The first-order chi connectivity index (χ1) is 14.0. The van der Waals surface area contributed by atoms with Gasteiger partial charge in [-0.05, 0) is 50.2 Å². The van der Waals surface area contributed by atoms with Crippen molar-refractivity contribution in [2.24, 2.45) is 0 Å². The van der Waals surface area contributed by atoms with Crippen molar-refractivity contribution in [2.45, 2.75) is 20.5 Å². The van der Waals surface area contributed by atoms with Crippen LogP contribution in [0.3, 0.4) is 0 Å². The van der Waals surface area contributed by atoms with Crippen LogP contribution in [-0.2, 0) is 11.3 Å². The summed E-state index contributed by atoms with van der Waals surface area (Å²) in [5.41, 5.74) is 1.48. The molecule has 7 heteroatoms. The van der Waals surface area contributed by atoms with Gasteiger partial charge in [0.15, 0.2) is 5.76 Å². The largest absolute Gasteiger partial charge is 0.507 e. The van der Waals surface area contributed by atoms with Gasteiger partial charge in [-0.3, -0.25) is 4.79 Å². The molecule has 0 aliphatic carbocycles. The van der Waals surface area contributed by atoms with E-state index < -0.39 is 11.9 Å². The van der Waals surface area contributed by atoms with Gasteiger partial charge in [0.05, 0.1) is 6.61 Å². The highest BCUT2D eigenvalue weighted by atomic mass is 16.5. The summed E-state index contributed by atoms with van der Waals surface area (Å²) >= 11 is 0. The molecule has 0 radical (unpaired) electrons. The number of nitrogens with one attached hydrogen (secondary N) is 1. The Labute approximate surface area is 167 Å². The molecule has 0 saturated carbocycles. The summed E-state index contributed by atoms with van der Waals surface area (Å²) in [4.78, 5) is 24.1. The Kier molecular flexibility index (Phi) is 6.19. The first kappa shape index (κ1) is 20.0. The van der Waals surface area contributed by atoms with E-state index in [1.54, 1.807) is 13.0 Å². The molecule has 1 amide bonds. The van der Waals surface area contributed by atoms with E-state index in [4.69, 9.17) is 13.9 Å². The van der Waals surface area contributed by atoms with Crippen molar-refractivity contribution in [3.05, 3.63) is 77.2 Å². The number of carbonyl (C=O) groups excluding carboxylic acids is 2. The van der Waals surface area contributed by atoms with Gasteiger partial charge in [-0.25, -0.2) is 4.79 Å². The predicted octanol–water partition coefficient (Wildman–Crippen LogP) is 4.30. The highest BCUT2D eigenvalue weighted by Gasteiger charge is 2.15. The molecule has 2 N–H and O–H groups in total. The van der Waals surface area contributed by atoms with E-state index in [9.17, 15) is 14.7 Å². The lowest BCUT2D eigenvalue weighted by molar-refractivity contribution is 0.0523. The van der Waals surface area contributed by atoms with Crippen molar-refractivity contribution in [1.82, 2.24) is 0 Å². The second kappa shape index (κ2) is 8.97. The van der Waals surface area contributed by atoms with Crippen LogP contribution in [-0.4, -0.2) is 23.6 Å². The van der Waals surface area contributed by atoms with Crippen LogP contribution in [0.1, 0.15) is 39.2 Å². The number of benzene rings is 2. The van der Waals surface area contributed by atoms with E-state index in [-0.39, 0.29) is 30.3 Å². The molecule has 0 fully saturated rings. The number of hydrogen-bond acceptors (Lipinski definition) is 6. The minimum atomic E-state index is -0.632. The second-order valence-corrected chi connectivity index (χ2v) is 6.27. The van der Waals surface area contributed by atoms with Crippen LogP contribution >= 0.6 is 0 Å². The summed E-state index contributed by atoms with van der Waals surface area (Å²) in [6.07, 6.45) is 0. The molecule has 29 heavy (non-hydrogen) atoms. The number of phenolic OH excluding ortho intramolecular Hbond substituents is 1. The van der Waals surface area contributed by atoms with Crippen molar-refractivity contribution in [1.29, 1.82) is 0 Å². The van der Waals surface area contributed by atoms with Gasteiger partial charge in [-0.1, -0.05) is 17.7 Å². The number of aromatic hydroxyl groups is 1. The lowest BCUT2D eigenvalue weighted by Gasteiger charge is -2.08. The minimum absolute atomic E-state index is 0.0263. The third kappa shape index (κ3) is 5.16. The van der Waals surface area contributed by atoms with Gasteiger partial charge in [-0.2, -0.15) is 0 Å². The van der Waals surface area contributed by atoms with E-state index in [0.717, 1.165) is 5.56 Å². The number of phenols is 1. The molecule has 1 heterocycles. The highest BCUT2D eigenvalue weighted by Crippen LogP contribution is 2.23. The van der Waals surface area contributed by atoms with E-state index in [2.05, 4.69) is 5.32 Å². The molecule has 150 valence electrons. The number of esters is 1. The Morgan fingerprint density at radius 3 is 2.52 bits per heavy atom. The Hall–Kier alpha value is -3.74. The topological polar surface area (TPSA) is 98.0 Å². The van der Waals surface area contributed by atoms with Gasteiger partial charge in [0, 0.05) is 11.8 Å². The van der Waals surface area contributed by atoms with Gasteiger partial charge < -0.3 is 24.3 Å². The Balaban J connectivity index is 1.60. The molecule has 3 rings (SSSR count). The number of aryl methyl sites for hydroxylation is 1. The fraction of sp³-hybridized carbons (Fsp3) is 0.182. The van der Waals surface area contributed by atoms with E-state index >= 15 is 0 Å². The van der Waals surface area contributed by atoms with Crippen molar-refractivity contribution >= 4 is 17.6 Å². The quantitative estimate of drug-likeness (QED) is 0.579. The fourth-order valence-corrected chi connectivity index (χ4v) is 2.55. The number of anilines is 1. The zero-order valence-corrected chi connectivity index (χ0v) is 16.1. The molecule has 2 aromatic carbocycles. The van der Waals surface area contributed by atoms with E-state index in [0.29, 0.717) is 17.2 Å². The first-order valence-corrected chi connectivity index (χ1v) is 9.06. The zero-order valence-electron chi connectivity index (χ0n) is 16.1. The summed E-state index contributed by atoms with van der Waals surface area (Å²) in [5.74, 6) is -0.109. The smallest absolute Gasteiger partial charge is 0.341 e. The maximum atomic E-state index is 12.4. The second-order valence-electron chi connectivity index (χ2n) is 6.27. The molecule has 0 atom stereocenters. The highest BCUT2D eigenvalue weighted by molar-refractivity contribution is 6.03. The maximum absolute atomic E-state index is 12.4. The SMILES string of the molecule is CCOC(=O)c1ccc(NC(=O)c2ccc(COc3ccc(C)cc3)o2)cc1O. The van der Waals surface area contributed by atoms with Crippen molar-refractivity contribution < 1.29 is 28.6 Å². The van der Waals surface area contributed by atoms with Gasteiger partial charge in [0.2, 0.25) is 0 Å². The predicted molar refractivity (Wildman–Crippen MR) is 106 cm³/mol. The van der Waals surface area contributed by atoms with E-state index in [1.807, 2.05) is 31.2 Å². The lowest BCUT2D eigenvalue weighted by Crippen LogP contribution is -2.11. The average molecular weight is 395 g/mol. The molecule has 0 unspecified atom stereocenters. The van der Waals surface area contributed by atoms with Gasteiger partial charge >= 0.3 is 5.97 Å². The minimum Gasteiger partial charge on any atom is -0.507 e. The lowest BCUT2D eigenvalue weighted by atomic mass is 10.2. The third-order valence-corrected chi connectivity index (χ3v) is 4.04. The number of carbonyl (C=O) groups is 2. The molecular formula is C22H21NO6. The molecule has 1 aromatic heterocycles. The van der Waals surface area contributed by atoms with Gasteiger partial charge in [0.1, 0.15) is 29.4 Å². The number of furan rings is 1. The van der Waals surface area contributed by atoms with Crippen molar-refractivity contribution in [3.63, 3.8) is 0 Å². The maximum Gasteiger partial charge on any atom is 0.341 e. The Bertz CT molecular complexity index is 1010. The molecule has 0 aliphatic rings. The molecule has 0 saturated heterocycles. The number of hydrogen-bond donors (Lipinski definition) is 2. The third-order valence-electron chi connectivity index (χ3n) is 4.04. The van der Waals surface area contributed by atoms with Crippen molar-refractivity contribution in [2.75, 3.05) is 11.9 Å². The number of rotatable bonds is 7. The van der Waals surface area contributed by atoms with Crippen LogP contribution in [0.4, 0.5) is 5.69 Å². The van der Waals surface area contributed by atoms with Crippen LogP contribution in [0.5, 0.6) is 11.5 Å². The monoisotopic (exact) mass is 395 g/mol. The van der Waals surface area contributed by atoms with Crippen LogP contribution in [0.2, 0.25) is 0 Å². The summed E-state index contributed by atoms with van der Waals surface area (Å²) in [5, 5.41) is 12.6. The molecule has 0 bridgehead atoms. The molecule has 3 aromatic rings. The molecule has 7 nitrogen and oxygen atoms in total. The number of amides is 1. The molecule has 0 spiro atoms. The van der Waals surface area contributed by atoms with Crippen LogP contribution in [0.15, 0.2) is 59.0 Å². The van der Waals surface area contributed by atoms with Crippen LogP contribution in [0, 0.1) is 6.92 Å². The van der Waals surface area contributed by atoms with Crippen LogP contribution < -0.4 is 10.1 Å². The number of ether oxygens (including phenoxy) is 2. The first-order valence-electron chi connectivity index (χ1n) is 9.06. The summed E-state index contributed by atoms with van der Waals surface area (Å²) in [7, 11) is 0. The summed E-state index contributed by atoms with van der Waals surface area (Å²) in [6.45, 7) is 4.05. The average Bonchev–Trinajstić information content (AvgIpc) is 3.17. The van der Waals surface area contributed by atoms with Crippen LogP contribution in [0.25, 0.3) is 0 Å². The van der Waals surface area contributed by atoms with Gasteiger partial charge in [-0.15, -0.1) is 0 Å². The Morgan fingerprint density at radius 2 is 1.83 bits per heavy atom. The van der Waals surface area contributed by atoms with Gasteiger partial charge in [0.25, 0.3) is 5.91 Å². The molecular weight excluding hydrogens is 374 g/mol. The van der Waals surface area contributed by atoms with E-state index in [1.165, 1.54) is 24.3 Å². The molecule has 0 aliphatic heterocycles. The summed E-state index contributed by atoms with van der Waals surface area (Å²) in [6, 6.07) is 14.9.